The Balaban J connectivity index is 2.32. The number of amides is 1. The van der Waals surface area contributed by atoms with Gasteiger partial charge in [-0.15, -0.1) is 0 Å². The maximum atomic E-state index is 12.3. The molecule has 20 heavy (non-hydrogen) atoms. The number of rotatable bonds is 8. The lowest BCUT2D eigenvalue weighted by Crippen LogP contribution is -2.40. The van der Waals surface area contributed by atoms with Crippen LogP contribution in [0.3, 0.4) is 0 Å². The zero-order valence-corrected chi connectivity index (χ0v) is 13.1. The monoisotopic (exact) mass is 277 g/mol. The van der Waals surface area contributed by atoms with Gasteiger partial charge in [0.2, 0.25) is 5.91 Å². The lowest BCUT2D eigenvalue weighted by Gasteiger charge is -2.24. The van der Waals surface area contributed by atoms with E-state index in [-0.39, 0.29) is 5.91 Å². The molecule has 0 fully saturated rings. The fourth-order valence-corrected chi connectivity index (χ4v) is 1.90. The van der Waals surface area contributed by atoms with Gasteiger partial charge in [-0.3, -0.25) is 4.79 Å². The molecule has 112 valence electrons. The van der Waals surface area contributed by atoms with E-state index in [9.17, 15) is 4.79 Å². The molecule has 0 spiro atoms. The highest BCUT2D eigenvalue weighted by molar-refractivity contribution is 5.87. The van der Waals surface area contributed by atoms with Crippen molar-refractivity contribution in [3.8, 4) is 0 Å². The molecule has 0 unspecified atom stereocenters. The molecular formula is C17H27NO2. The number of hydrogen-bond acceptors (Lipinski definition) is 2. The van der Waals surface area contributed by atoms with E-state index in [1.807, 2.05) is 44.2 Å². The second kappa shape index (κ2) is 8.05. The first kappa shape index (κ1) is 16.7. The van der Waals surface area contributed by atoms with E-state index < -0.39 is 5.41 Å². The standard InChI is InChI=1S/C17H27NO2/c1-14(2)13-20-12-8-11-18-16(19)17(3,4)15-9-6-5-7-10-15/h5-7,9-10,14H,8,11-13H2,1-4H3,(H,18,19). The van der Waals surface area contributed by atoms with Crippen molar-refractivity contribution in [3.63, 3.8) is 0 Å². The topological polar surface area (TPSA) is 38.3 Å². The second-order valence-corrected chi connectivity index (χ2v) is 6.07. The normalized spacial score (nSPS) is 11.7. The Morgan fingerprint density at radius 3 is 2.50 bits per heavy atom. The van der Waals surface area contributed by atoms with Crippen molar-refractivity contribution in [3.05, 3.63) is 35.9 Å². The molecule has 1 aromatic rings. The van der Waals surface area contributed by atoms with E-state index in [1.54, 1.807) is 0 Å². The summed E-state index contributed by atoms with van der Waals surface area (Å²) in [5, 5.41) is 2.99. The summed E-state index contributed by atoms with van der Waals surface area (Å²) in [6.45, 7) is 10.3. The number of carbonyl (C=O) groups excluding carboxylic acids is 1. The molecule has 0 saturated heterocycles. The number of carbonyl (C=O) groups is 1. The van der Waals surface area contributed by atoms with Crippen LogP contribution >= 0.6 is 0 Å². The molecule has 3 heteroatoms. The number of nitrogens with one attached hydrogen (secondary N) is 1. The van der Waals surface area contributed by atoms with Crippen LogP contribution in [-0.2, 0) is 14.9 Å². The van der Waals surface area contributed by atoms with Gasteiger partial charge in [-0.05, 0) is 31.7 Å². The van der Waals surface area contributed by atoms with E-state index in [4.69, 9.17) is 4.74 Å². The van der Waals surface area contributed by atoms with Crippen LogP contribution in [-0.4, -0.2) is 25.7 Å². The van der Waals surface area contributed by atoms with Gasteiger partial charge < -0.3 is 10.1 Å². The van der Waals surface area contributed by atoms with Gasteiger partial charge in [-0.1, -0.05) is 44.2 Å². The highest BCUT2D eigenvalue weighted by atomic mass is 16.5. The molecule has 0 aromatic heterocycles. The van der Waals surface area contributed by atoms with Crippen LogP contribution < -0.4 is 5.32 Å². The van der Waals surface area contributed by atoms with Crippen molar-refractivity contribution in [1.82, 2.24) is 5.32 Å². The molecule has 0 aliphatic rings. The van der Waals surface area contributed by atoms with Crippen LogP contribution in [0.1, 0.15) is 39.7 Å². The van der Waals surface area contributed by atoms with E-state index in [1.165, 1.54) is 0 Å². The van der Waals surface area contributed by atoms with Gasteiger partial charge in [-0.2, -0.15) is 0 Å². The Kier molecular flexibility index (Phi) is 6.73. The second-order valence-electron chi connectivity index (χ2n) is 6.07. The van der Waals surface area contributed by atoms with Gasteiger partial charge in [0, 0.05) is 19.8 Å². The fraction of sp³-hybridized carbons (Fsp3) is 0.588. The van der Waals surface area contributed by atoms with Crippen molar-refractivity contribution < 1.29 is 9.53 Å². The molecule has 1 aromatic carbocycles. The van der Waals surface area contributed by atoms with E-state index in [2.05, 4.69) is 19.2 Å². The molecule has 1 N–H and O–H groups in total. The number of hydrogen-bond donors (Lipinski definition) is 1. The third-order valence-electron chi connectivity index (χ3n) is 3.27. The van der Waals surface area contributed by atoms with Crippen LogP contribution in [0.5, 0.6) is 0 Å². The molecule has 0 radical (unpaired) electrons. The van der Waals surface area contributed by atoms with Gasteiger partial charge >= 0.3 is 0 Å². The summed E-state index contributed by atoms with van der Waals surface area (Å²) in [5.41, 5.74) is 0.536. The summed E-state index contributed by atoms with van der Waals surface area (Å²) >= 11 is 0. The predicted molar refractivity (Wildman–Crippen MR) is 82.8 cm³/mol. The fourth-order valence-electron chi connectivity index (χ4n) is 1.90. The minimum absolute atomic E-state index is 0.0626. The van der Waals surface area contributed by atoms with Crippen molar-refractivity contribution >= 4 is 5.91 Å². The molecule has 0 atom stereocenters. The van der Waals surface area contributed by atoms with Gasteiger partial charge in [0.15, 0.2) is 0 Å². The lowest BCUT2D eigenvalue weighted by molar-refractivity contribution is -0.125. The van der Waals surface area contributed by atoms with Crippen LogP contribution in [0.25, 0.3) is 0 Å². The van der Waals surface area contributed by atoms with Crippen molar-refractivity contribution in [2.24, 2.45) is 5.92 Å². The van der Waals surface area contributed by atoms with Crippen molar-refractivity contribution in [1.29, 1.82) is 0 Å². The summed E-state index contributed by atoms with van der Waals surface area (Å²) in [7, 11) is 0. The summed E-state index contributed by atoms with van der Waals surface area (Å²) < 4.78 is 5.50. The Bertz CT molecular complexity index is 399. The quantitative estimate of drug-likeness (QED) is 0.741. The third-order valence-corrected chi connectivity index (χ3v) is 3.27. The Morgan fingerprint density at radius 2 is 1.90 bits per heavy atom. The minimum Gasteiger partial charge on any atom is -0.381 e. The summed E-state index contributed by atoms with van der Waals surface area (Å²) in [5.74, 6) is 0.620. The molecule has 0 bridgehead atoms. The molecular weight excluding hydrogens is 250 g/mol. The van der Waals surface area contributed by atoms with Gasteiger partial charge in [0.05, 0.1) is 5.41 Å². The first-order valence-corrected chi connectivity index (χ1v) is 7.36. The van der Waals surface area contributed by atoms with Gasteiger partial charge in [0.1, 0.15) is 0 Å². The van der Waals surface area contributed by atoms with Crippen LogP contribution in [0.4, 0.5) is 0 Å². The average molecular weight is 277 g/mol. The number of benzene rings is 1. The van der Waals surface area contributed by atoms with Crippen LogP contribution in [0, 0.1) is 5.92 Å². The molecule has 0 heterocycles. The third kappa shape index (κ3) is 5.33. The molecule has 3 nitrogen and oxygen atoms in total. The lowest BCUT2D eigenvalue weighted by atomic mass is 9.84. The Morgan fingerprint density at radius 1 is 1.25 bits per heavy atom. The summed E-state index contributed by atoms with van der Waals surface area (Å²) in [6, 6.07) is 9.87. The van der Waals surface area contributed by atoms with Gasteiger partial charge in [-0.25, -0.2) is 0 Å². The molecule has 0 aliphatic heterocycles. The number of ether oxygens (including phenoxy) is 1. The van der Waals surface area contributed by atoms with E-state index in [0.29, 0.717) is 19.1 Å². The zero-order valence-electron chi connectivity index (χ0n) is 13.1. The average Bonchev–Trinajstić information content (AvgIpc) is 2.43. The highest BCUT2D eigenvalue weighted by Gasteiger charge is 2.28. The van der Waals surface area contributed by atoms with E-state index in [0.717, 1.165) is 18.6 Å². The first-order chi connectivity index (χ1) is 9.44. The maximum Gasteiger partial charge on any atom is 0.230 e. The van der Waals surface area contributed by atoms with Crippen LogP contribution in [0.2, 0.25) is 0 Å². The smallest absolute Gasteiger partial charge is 0.230 e. The van der Waals surface area contributed by atoms with Crippen LogP contribution in [0.15, 0.2) is 30.3 Å². The maximum absolute atomic E-state index is 12.3. The molecule has 0 aliphatic carbocycles. The largest absolute Gasteiger partial charge is 0.381 e. The highest BCUT2D eigenvalue weighted by Crippen LogP contribution is 2.22. The Labute approximate surface area is 122 Å². The van der Waals surface area contributed by atoms with Gasteiger partial charge in [0.25, 0.3) is 0 Å². The summed E-state index contributed by atoms with van der Waals surface area (Å²) in [6.07, 6.45) is 0.851. The molecule has 1 rings (SSSR count). The van der Waals surface area contributed by atoms with Crippen molar-refractivity contribution in [2.45, 2.75) is 39.5 Å². The van der Waals surface area contributed by atoms with E-state index >= 15 is 0 Å². The van der Waals surface area contributed by atoms with Crippen molar-refractivity contribution in [2.75, 3.05) is 19.8 Å². The SMILES string of the molecule is CC(C)COCCCNC(=O)C(C)(C)c1ccccc1. The zero-order chi connectivity index (χ0) is 15.0. The molecule has 1 amide bonds. The molecule has 0 saturated carbocycles. The Hall–Kier alpha value is -1.35. The summed E-state index contributed by atoms with van der Waals surface area (Å²) in [4.78, 5) is 12.3. The first-order valence-electron chi connectivity index (χ1n) is 7.36. The minimum atomic E-state index is -0.500. The predicted octanol–water partition coefficient (Wildman–Crippen LogP) is 3.14.